The number of hydrogen-bond acceptors (Lipinski definition) is 5. The molecule has 6 nitrogen and oxygen atoms in total. The van der Waals surface area contributed by atoms with Crippen LogP contribution < -0.4 is 0 Å². The van der Waals surface area contributed by atoms with Crippen molar-refractivity contribution < 1.29 is 13.3 Å². The Morgan fingerprint density at radius 2 is 1.91 bits per heavy atom. The summed E-state index contributed by atoms with van der Waals surface area (Å²) in [4.78, 5) is 10.2. The van der Waals surface area contributed by atoms with Gasteiger partial charge in [-0.2, -0.15) is 15.6 Å². The maximum atomic E-state index is 12.7. The Kier molecular flexibility index (Phi) is 5.28. The zero-order valence-corrected chi connectivity index (χ0v) is 13.6. The highest BCUT2D eigenvalue weighted by atomic mass is 32.2. The minimum Gasteiger partial charge on any atom is -0.258 e. The van der Waals surface area contributed by atoms with Gasteiger partial charge in [0.05, 0.1) is 9.82 Å². The Balaban J connectivity index is 2.29. The van der Waals surface area contributed by atoms with E-state index in [1.807, 2.05) is 23.8 Å². The molecular weight excluding hydrogens is 324 g/mol. The number of hydrogen-bond donors (Lipinski definition) is 0. The summed E-state index contributed by atoms with van der Waals surface area (Å²) in [7, 11) is -3.67. The van der Waals surface area contributed by atoms with Gasteiger partial charge >= 0.3 is 0 Å². The highest BCUT2D eigenvalue weighted by Crippen LogP contribution is 2.22. The van der Waals surface area contributed by atoms with Gasteiger partial charge in [-0.05, 0) is 40.9 Å². The van der Waals surface area contributed by atoms with E-state index in [1.54, 1.807) is 0 Å². The van der Waals surface area contributed by atoms with Gasteiger partial charge in [0.25, 0.3) is 5.69 Å². The molecule has 2 rings (SSSR count). The molecule has 0 aliphatic heterocycles. The summed E-state index contributed by atoms with van der Waals surface area (Å²) in [5.74, 6) is 0. The summed E-state index contributed by atoms with van der Waals surface area (Å²) >= 11 is 1.51. The smallest absolute Gasteiger partial charge is 0.258 e. The van der Waals surface area contributed by atoms with Gasteiger partial charge in [-0.25, -0.2) is 8.42 Å². The van der Waals surface area contributed by atoms with E-state index < -0.39 is 14.9 Å². The first-order valence-electron chi connectivity index (χ1n) is 6.71. The van der Waals surface area contributed by atoms with E-state index in [0.29, 0.717) is 19.5 Å². The lowest BCUT2D eigenvalue weighted by Crippen LogP contribution is -2.31. The number of sulfonamides is 1. The summed E-state index contributed by atoms with van der Waals surface area (Å²) in [6, 6.07) is 6.87. The topological polar surface area (TPSA) is 80.5 Å². The lowest BCUT2D eigenvalue weighted by atomic mass is 10.3. The molecule has 0 amide bonds. The van der Waals surface area contributed by atoms with E-state index in [2.05, 4.69) is 0 Å². The molecule has 118 valence electrons. The Morgan fingerprint density at radius 1 is 1.23 bits per heavy atom. The molecule has 0 atom stereocenters. The van der Waals surface area contributed by atoms with Gasteiger partial charge in [-0.1, -0.05) is 6.92 Å². The molecule has 0 fully saturated rings. The number of thiophene rings is 1. The minimum atomic E-state index is -3.67. The summed E-state index contributed by atoms with van der Waals surface area (Å²) in [6.45, 7) is 2.61. The second kappa shape index (κ2) is 6.99. The molecule has 0 bridgehead atoms. The molecule has 0 N–H and O–H groups in total. The zero-order valence-electron chi connectivity index (χ0n) is 12.0. The Labute approximate surface area is 133 Å². The number of rotatable bonds is 7. The first-order valence-corrected chi connectivity index (χ1v) is 9.09. The first kappa shape index (κ1) is 16.6. The second-order valence-electron chi connectivity index (χ2n) is 4.72. The molecule has 0 aliphatic carbocycles. The van der Waals surface area contributed by atoms with Crippen LogP contribution in [0.2, 0.25) is 0 Å². The van der Waals surface area contributed by atoms with Gasteiger partial charge in [-0.15, -0.1) is 0 Å². The van der Waals surface area contributed by atoms with Crippen molar-refractivity contribution in [3.8, 4) is 0 Å². The normalized spacial score (nSPS) is 11.7. The Morgan fingerprint density at radius 3 is 2.41 bits per heavy atom. The van der Waals surface area contributed by atoms with Crippen molar-refractivity contribution in [3.63, 3.8) is 0 Å². The van der Waals surface area contributed by atoms with Crippen LogP contribution in [0.25, 0.3) is 0 Å². The number of nitro groups is 1. The molecule has 1 aromatic carbocycles. The van der Waals surface area contributed by atoms with Crippen LogP contribution in [-0.4, -0.2) is 24.2 Å². The van der Waals surface area contributed by atoms with Gasteiger partial charge in [-0.3, -0.25) is 10.1 Å². The molecule has 0 spiro atoms. The van der Waals surface area contributed by atoms with Gasteiger partial charge in [0.15, 0.2) is 0 Å². The van der Waals surface area contributed by atoms with Gasteiger partial charge in [0.1, 0.15) is 0 Å². The second-order valence-corrected chi connectivity index (χ2v) is 7.44. The van der Waals surface area contributed by atoms with Crippen molar-refractivity contribution in [3.05, 3.63) is 56.8 Å². The predicted molar refractivity (Wildman–Crippen MR) is 85.3 cm³/mol. The third-order valence-corrected chi connectivity index (χ3v) is 5.69. The summed E-state index contributed by atoms with van der Waals surface area (Å²) in [5, 5.41) is 14.5. The molecule has 0 aliphatic rings. The first-order chi connectivity index (χ1) is 10.4. The highest BCUT2D eigenvalue weighted by Gasteiger charge is 2.24. The van der Waals surface area contributed by atoms with Crippen LogP contribution in [-0.2, 0) is 16.6 Å². The Hall–Kier alpha value is -1.77. The molecule has 1 heterocycles. The lowest BCUT2D eigenvalue weighted by molar-refractivity contribution is -0.384. The van der Waals surface area contributed by atoms with E-state index in [9.17, 15) is 18.5 Å². The zero-order chi connectivity index (χ0) is 16.2. The third-order valence-electron chi connectivity index (χ3n) is 3.10. The van der Waals surface area contributed by atoms with E-state index in [-0.39, 0.29) is 10.6 Å². The summed E-state index contributed by atoms with van der Waals surface area (Å²) < 4.78 is 26.8. The fourth-order valence-electron chi connectivity index (χ4n) is 2.01. The van der Waals surface area contributed by atoms with Crippen LogP contribution in [0.5, 0.6) is 0 Å². The molecule has 0 saturated heterocycles. The van der Waals surface area contributed by atoms with Crippen LogP contribution in [0.3, 0.4) is 0 Å². The summed E-state index contributed by atoms with van der Waals surface area (Å²) in [6.07, 6.45) is 0.691. The SMILES string of the molecule is CCCN(Cc1ccsc1)S(=O)(=O)c1ccc([N+](=O)[O-])cc1. The minimum absolute atomic E-state index is 0.0711. The van der Waals surface area contributed by atoms with Gasteiger partial charge in [0.2, 0.25) is 10.0 Å². The maximum Gasteiger partial charge on any atom is 0.269 e. The summed E-state index contributed by atoms with van der Waals surface area (Å²) in [5.41, 5.74) is 0.808. The van der Waals surface area contributed by atoms with E-state index >= 15 is 0 Å². The molecule has 0 radical (unpaired) electrons. The van der Waals surface area contributed by atoms with Crippen LogP contribution >= 0.6 is 11.3 Å². The monoisotopic (exact) mass is 340 g/mol. The molecule has 8 heteroatoms. The quantitative estimate of drug-likeness (QED) is 0.572. The van der Waals surface area contributed by atoms with Gasteiger partial charge in [0, 0.05) is 25.2 Å². The predicted octanol–water partition coefficient (Wildman–Crippen LogP) is 3.26. The Bertz CT molecular complexity index is 725. The van der Waals surface area contributed by atoms with Gasteiger partial charge < -0.3 is 0 Å². The van der Waals surface area contributed by atoms with E-state index in [4.69, 9.17) is 0 Å². The number of non-ortho nitro benzene ring substituents is 1. The van der Waals surface area contributed by atoms with Crippen molar-refractivity contribution in [2.45, 2.75) is 24.8 Å². The van der Waals surface area contributed by atoms with Crippen molar-refractivity contribution in [1.29, 1.82) is 0 Å². The third kappa shape index (κ3) is 3.70. The standard InChI is InChI=1S/C14H16N2O4S2/c1-2-8-15(10-12-7-9-21-11-12)22(19,20)14-5-3-13(4-6-14)16(17)18/h3-7,9,11H,2,8,10H2,1H3. The molecule has 1 aromatic heterocycles. The van der Waals surface area contributed by atoms with Crippen LogP contribution in [0, 0.1) is 10.1 Å². The molecule has 22 heavy (non-hydrogen) atoms. The molecular formula is C14H16N2O4S2. The number of benzene rings is 1. The highest BCUT2D eigenvalue weighted by molar-refractivity contribution is 7.89. The average Bonchev–Trinajstić information content (AvgIpc) is 3.00. The van der Waals surface area contributed by atoms with Crippen molar-refractivity contribution in [1.82, 2.24) is 4.31 Å². The van der Waals surface area contributed by atoms with Crippen molar-refractivity contribution in [2.75, 3.05) is 6.54 Å². The molecule has 2 aromatic rings. The number of nitrogens with zero attached hydrogens (tertiary/aromatic N) is 2. The van der Waals surface area contributed by atoms with E-state index in [0.717, 1.165) is 5.56 Å². The lowest BCUT2D eigenvalue weighted by Gasteiger charge is -2.21. The van der Waals surface area contributed by atoms with Crippen molar-refractivity contribution in [2.24, 2.45) is 0 Å². The fraction of sp³-hybridized carbons (Fsp3) is 0.286. The average molecular weight is 340 g/mol. The number of nitro benzene ring substituents is 1. The molecule has 0 unspecified atom stereocenters. The fourth-order valence-corrected chi connectivity index (χ4v) is 4.19. The van der Waals surface area contributed by atoms with E-state index in [1.165, 1.54) is 39.9 Å². The van der Waals surface area contributed by atoms with Crippen molar-refractivity contribution >= 4 is 27.0 Å². The molecule has 0 saturated carbocycles. The van der Waals surface area contributed by atoms with Crippen LogP contribution in [0.1, 0.15) is 18.9 Å². The largest absolute Gasteiger partial charge is 0.269 e. The maximum absolute atomic E-state index is 12.7. The van der Waals surface area contributed by atoms with Crippen LogP contribution in [0.4, 0.5) is 5.69 Å². The van der Waals surface area contributed by atoms with Crippen LogP contribution in [0.15, 0.2) is 46.0 Å².